The van der Waals surface area contributed by atoms with Gasteiger partial charge in [0.05, 0.1) is 0 Å². The third-order valence-corrected chi connectivity index (χ3v) is 3.49. The molecule has 2 heteroatoms. The van der Waals surface area contributed by atoms with Gasteiger partial charge >= 0.3 is 0 Å². The number of alkyl halides is 1. The van der Waals surface area contributed by atoms with E-state index in [9.17, 15) is 4.39 Å². The fraction of sp³-hybridized carbons (Fsp3) is 0.600. The van der Waals surface area contributed by atoms with Crippen molar-refractivity contribution < 1.29 is 4.39 Å². The first kappa shape index (κ1) is 12.6. The van der Waals surface area contributed by atoms with Crippen LogP contribution in [-0.2, 0) is 6.42 Å². The molecule has 1 atom stereocenters. The highest BCUT2D eigenvalue weighted by Crippen LogP contribution is 2.24. The third-order valence-electron chi connectivity index (χ3n) is 3.49. The second-order valence-electron chi connectivity index (χ2n) is 5.65. The zero-order valence-electron chi connectivity index (χ0n) is 10.8. The highest BCUT2D eigenvalue weighted by molar-refractivity contribution is 5.27. The molecule has 0 radical (unpaired) electrons. The molecule has 1 aliphatic rings. The van der Waals surface area contributed by atoms with Gasteiger partial charge in [0.15, 0.2) is 0 Å². The fourth-order valence-corrected chi connectivity index (χ4v) is 2.38. The third kappa shape index (κ3) is 3.81. The zero-order chi connectivity index (χ0) is 12.3. The van der Waals surface area contributed by atoms with E-state index < -0.39 is 5.67 Å². The van der Waals surface area contributed by atoms with Crippen molar-refractivity contribution in [2.24, 2.45) is 0 Å². The van der Waals surface area contributed by atoms with Crippen LogP contribution in [0.3, 0.4) is 0 Å². The largest absolute Gasteiger partial charge is 0.316 e. The highest BCUT2D eigenvalue weighted by Gasteiger charge is 2.18. The lowest BCUT2D eigenvalue weighted by atomic mass is 9.94. The summed E-state index contributed by atoms with van der Waals surface area (Å²) in [4.78, 5) is 0. The van der Waals surface area contributed by atoms with E-state index >= 15 is 0 Å². The molecular weight excluding hydrogens is 213 g/mol. The first-order valence-electron chi connectivity index (χ1n) is 6.53. The van der Waals surface area contributed by atoms with Crippen LogP contribution in [0, 0.1) is 0 Å². The minimum absolute atomic E-state index is 0.597. The predicted molar refractivity (Wildman–Crippen MR) is 70.2 cm³/mol. The molecule has 1 N–H and O–H groups in total. The molecule has 1 nitrogen and oxygen atoms in total. The molecule has 0 bridgehead atoms. The Balaban J connectivity index is 2.01. The van der Waals surface area contributed by atoms with Crippen molar-refractivity contribution in [2.75, 3.05) is 13.1 Å². The monoisotopic (exact) mass is 235 g/mol. The van der Waals surface area contributed by atoms with E-state index in [4.69, 9.17) is 0 Å². The lowest BCUT2D eigenvalue weighted by Crippen LogP contribution is -2.13. The molecule has 0 spiro atoms. The van der Waals surface area contributed by atoms with Gasteiger partial charge in [0, 0.05) is 6.54 Å². The van der Waals surface area contributed by atoms with Gasteiger partial charge in [-0.15, -0.1) is 0 Å². The molecule has 0 aliphatic carbocycles. The summed E-state index contributed by atoms with van der Waals surface area (Å²) in [7, 11) is 0. The van der Waals surface area contributed by atoms with Crippen LogP contribution in [0.2, 0.25) is 0 Å². The molecule has 0 saturated carbocycles. The van der Waals surface area contributed by atoms with E-state index in [-0.39, 0.29) is 0 Å². The Hall–Kier alpha value is -0.890. The smallest absolute Gasteiger partial charge is 0.105 e. The van der Waals surface area contributed by atoms with Gasteiger partial charge in [-0.05, 0) is 56.7 Å². The summed E-state index contributed by atoms with van der Waals surface area (Å²) in [6.45, 7) is 5.50. The molecular formula is C15H22FN. The molecule has 94 valence electrons. The van der Waals surface area contributed by atoms with Crippen molar-refractivity contribution in [1.29, 1.82) is 0 Å². The van der Waals surface area contributed by atoms with Crippen LogP contribution in [0.1, 0.15) is 43.7 Å². The van der Waals surface area contributed by atoms with E-state index in [1.54, 1.807) is 13.8 Å². The molecule has 17 heavy (non-hydrogen) atoms. The van der Waals surface area contributed by atoms with E-state index in [1.165, 1.54) is 17.5 Å². The Morgan fingerprint density at radius 2 is 2.24 bits per heavy atom. The average molecular weight is 235 g/mol. The maximum atomic E-state index is 13.5. The molecule has 1 saturated heterocycles. The Labute approximate surface area is 103 Å². The summed E-state index contributed by atoms with van der Waals surface area (Å²) in [6, 6.07) is 8.66. The Morgan fingerprint density at radius 3 is 2.88 bits per heavy atom. The summed E-state index contributed by atoms with van der Waals surface area (Å²) >= 11 is 0. The lowest BCUT2D eigenvalue weighted by molar-refractivity contribution is 0.202. The molecule has 1 unspecified atom stereocenters. The van der Waals surface area contributed by atoms with Crippen LogP contribution in [0.4, 0.5) is 4.39 Å². The van der Waals surface area contributed by atoms with Crippen LogP contribution in [0.5, 0.6) is 0 Å². The quantitative estimate of drug-likeness (QED) is 0.843. The van der Waals surface area contributed by atoms with Gasteiger partial charge in [0.1, 0.15) is 5.67 Å². The Morgan fingerprint density at radius 1 is 1.41 bits per heavy atom. The van der Waals surface area contributed by atoms with Gasteiger partial charge in [-0.2, -0.15) is 0 Å². The van der Waals surface area contributed by atoms with Crippen molar-refractivity contribution in [3.63, 3.8) is 0 Å². The molecule has 1 aliphatic heterocycles. The lowest BCUT2D eigenvalue weighted by Gasteiger charge is -2.15. The summed E-state index contributed by atoms with van der Waals surface area (Å²) < 4.78 is 13.5. The standard InChI is InChI=1S/C15H22FN/c1-15(2,16)8-6-12-4-3-5-13(10-12)14-7-9-17-11-14/h3-5,10,14,17H,6-9,11H2,1-2H3. The highest BCUT2D eigenvalue weighted by atomic mass is 19.1. The molecule has 2 rings (SSSR count). The van der Waals surface area contributed by atoms with Gasteiger partial charge in [-0.1, -0.05) is 24.3 Å². The first-order valence-corrected chi connectivity index (χ1v) is 6.53. The predicted octanol–water partition coefficient (Wildman–Crippen LogP) is 3.44. The molecule has 1 heterocycles. The van der Waals surface area contributed by atoms with Crippen molar-refractivity contribution in [1.82, 2.24) is 5.32 Å². The number of benzene rings is 1. The minimum atomic E-state index is -1.06. The first-order chi connectivity index (χ1) is 8.04. The van der Waals surface area contributed by atoms with Crippen LogP contribution >= 0.6 is 0 Å². The van der Waals surface area contributed by atoms with Gasteiger partial charge in [-0.3, -0.25) is 0 Å². The Kier molecular flexibility index (Phi) is 3.82. The minimum Gasteiger partial charge on any atom is -0.316 e. The topological polar surface area (TPSA) is 12.0 Å². The number of aryl methyl sites for hydroxylation is 1. The average Bonchev–Trinajstić information content (AvgIpc) is 2.79. The number of rotatable bonds is 4. The van der Waals surface area contributed by atoms with E-state index in [1.807, 2.05) is 0 Å². The SMILES string of the molecule is CC(C)(F)CCc1cccc(C2CCNC2)c1. The number of hydrogen-bond acceptors (Lipinski definition) is 1. The summed E-state index contributed by atoms with van der Waals surface area (Å²) in [6.07, 6.45) is 2.65. The summed E-state index contributed by atoms with van der Waals surface area (Å²) in [5, 5.41) is 3.39. The fourth-order valence-electron chi connectivity index (χ4n) is 2.38. The van der Waals surface area contributed by atoms with E-state index in [0.29, 0.717) is 12.3 Å². The maximum absolute atomic E-state index is 13.5. The van der Waals surface area contributed by atoms with E-state index in [2.05, 4.69) is 29.6 Å². The van der Waals surface area contributed by atoms with Crippen LogP contribution < -0.4 is 5.32 Å². The second-order valence-corrected chi connectivity index (χ2v) is 5.65. The number of nitrogens with one attached hydrogen (secondary N) is 1. The molecule has 0 aromatic heterocycles. The zero-order valence-corrected chi connectivity index (χ0v) is 10.8. The molecule has 1 aromatic rings. The van der Waals surface area contributed by atoms with Gasteiger partial charge < -0.3 is 5.32 Å². The second kappa shape index (κ2) is 5.18. The molecule has 0 amide bonds. The van der Waals surface area contributed by atoms with Crippen molar-refractivity contribution in [3.8, 4) is 0 Å². The van der Waals surface area contributed by atoms with E-state index in [0.717, 1.165) is 19.5 Å². The maximum Gasteiger partial charge on any atom is 0.105 e. The Bertz CT molecular complexity index is 361. The number of halogens is 1. The van der Waals surface area contributed by atoms with Crippen molar-refractivity contribution in [2.45, 2.75) is 44.7 Å². The molecule has 1 fully saturated rings. The van der Waals surface area contributed by atoms with Gasteiger partial charge in [0.2, 0.25) is 0 Å². The van der Waals surface area contributed by atoms with Crippen molar-refractivity contribution in [3.05, 3.63) is 35.4 Å². The van der Waals surface area contributed by atoms with Crippen LogP contribution in [0.25, 0.3) is 0 Å². The van der Waals surface area contributed by atoms with Gasteiger partial charge in [-0.25, -0.2) is 4.39 Å². The van der Waals surface area contributed by atoms with Crippen LogP contribution in [-0.4, -0.2) is 18.8 Å². The van der Waals surface area contributed by atoms with Gasteiger partial charge in [0.25, 0.3) is 0 Å². The molecule has 1 aromatic carbocycles. The van der Waals surface area contributed by atoms with Crippen molar-refractivity contribution >= 4 is 0 Å². The number of hydrogen-bond donors (Lipinski definition) is 1. The van der Waals surface area contributed by atoms with Crippen LogP contribution in [0.15, 0.2) is 24.3 Å². The summed E-state index contributed by atoms with van der Waals surface area (Å²) in [5.74, 6) is 0.647. The summed E-state index contributed by atoms with van der Waals surface area (Å²) in [5.41, 5.74) is 1.61. The normalized spacial score (nSPS) is 20.8.